The fraction of sp³-hybridized carbons (Fsp3) is 0.524. The molecular formula is C21H31IN4OS. The maximum Gasteiger partial charge on any atom is 0.191 e. The van der Waals surface area contributed by atoms with Crippen molar-refractivity contribution in [2.45, 2.75) is 65.6 Å². The van der Waals surface area contributed by atoms with Gasteiger partial charge in [0.25, 0.3) is 0 Å². The normalized spacial score (nSPS) is 14.6. The molecular weight excluding hydrogens is 483 g/mol. The number of aromatic nitrogens is 1. The number of hydrogen-bond donors (Lipinski definition) is 2. The van der Waals surface area contributed by atoms with E-state index in [0.717, 1.165) is 41.8 Å². The van der Waals surface area contributed by atoms with E-state index >= 15 is 0 Å². The van der Waals surface area contributed by atoms with Gasteiger partial charge < -0.3 is 15.4 Å². The van der Waals surface area contributed by atoms with Gasteiger partial charge in [-0.15, -0.1) is 35.3 Å². The summed E-state index contributed by atoms with van der Waals surface area (Å²) >= 11 is 1.73. The Kier molecular flexibility index (Phi) is 9.01. The van der Waals surface area contributed by atoms with Gasteiger partial charge in [-0.3, -0.25) is 4.99 Å². The third kappa shape index (κ3) is 6.34. The molecule has 1 aliphatic rings. The van der Waals surface area contributed by atoms with Crippen molar-refractivity contribution < 1.29 is 4.74 Å². The van der Waals surface area contributed by atoms with Crippen LogP contribution in [-0.2, 0) is 13.1 Å². The van der Waals surface area contributed by atoms with E-state index in [2.05, 4.69) is 52.7 Å². The van der Waals surface area contributed by atoms with Crippen molar-refractivity contribution in [3.8, 4) is 5.75 Å². The molecule has 3 rings (SSSR count). The van der Waals surface area contributed by atoms with E-state index in [4.69, 9.17) is 4.74 Å². The van der Waals surface area contributed by atoms with Crippen LogP contribution in [0.2, 0.25) is 0 Å². The lowest BCUT2D eigenvalue weighted by atomic mass is 10.1. The SMILES string of the molecule is CN=C(NCc1ccc(C)cc1OC1CCCC1)NCc1sc(C)nc1C.I. The molecule has 0 saturated heterocycles. The van der Waals surface area contributed by atoms with Crippen LogP contribution >= 0.6 is 35.3 Å². The van der Waals surface area contributed by atoms with Crippen molar-refractivity contribution in [2.24, 2.45) is 4.99 Å². The molecule has 0 bridgehead atoms. The molecule has 2 N–H and O–H groups in total. The average molecular weight is 514 g/mol. The Morgan fingerprint density at radius 3 is 2.54 bits per heavy atom. The van der Waals surface area contributed by atoms with E-state index in [9.17, 15) is 0 Å². The van der Waals surface area contributed by atoms with Crippen molar-refractivity contribution in [3.05, 3.63) is 44.9 Å². The standard InChI is InChI=1S/C21H30N4OS.HI/c1-14-9-10-17(19(11-14)26-18-7-5-6-8-18)12-23-21(22-4)24-13-20-15(2)25-16(3)27-20;/h9-11,18H,5-8,12-13H2,1-4H3,(H2,22,23,24);1H. The molecule has 1 fully saturated rings. The lowest BCUT2D eigenvalue weighted by Gasteiger charge is -2.18. The maximum absolute atomic E-state index is 6.29. The van der Waals surface area contributed by atoms with Crippen LogP contribution in [0, 0.1) is 20.8 Å². The van der Waals surface area contributed by atoms with Gasteiger partial charge >= 0.3 is 0 Å². The highest BCUT2D eigenvalue weighted by atomic mass is 127. The van der Waals surface area contributed by atoms with Gasteiger partial charge in [-0.2, -0.15) is 0 Å². The number of benzene rings is 1. The van der Waals surface area contributed by atoms with E-state index in [0.29, 0.717) is 12.6 Å². The number of thiazole rings is 1. The minimum absolute atomic E-state index is 0. The fourth-order valence-corrected chi connectivity index (χ4v) is 4.28. The van der Waals surface area contributed by atoms with E-state index < -0.39 is 0 Å². The van der Waals surface area contributed by atoms with Gasteiger partial charge in [0.1, 0.15) is 5.75 Å². The van der Waals surface area contributed by atoms with Crippen LogP contribution in [0.25, 0.3) is 0 Å². The fourth-order valence-electron chi connectivity index (χ4n) is 3.40. The predicted molar refractivity (Wildman–Crippen MR) is 128 cm³/mol. The molecule has 1 aromatic heterocycles. The van der Waals surface area contributed by atoms with E-state index in [1.54, 1.807) is 18.4 Å². The summed E-state index contributed by atoms with van der Waals surface area (Å²) in [5, 5.41) is 7.89. The van der Waals surface area contributed by atoms with Gasteiger partial charge in [-0.25, -0.2) is 4.98 Å². The molecule has 0 radical (unpaired) electrons. The molecule has 1 saturated carbocycles. The smallest absolute Gasteiger partial charge is 0.191 e. The summed E-state index contributed by atoms with van der Waals surface area (Å²) in [4.78, 5) is 10.1. The zero-order chi connectivity index (χ0) is 19.2. The van der Waals surface area contributed by atoms with Gasteiger partial charge in [0, 0.05) is 24.0 Å². The first-order valence-corrected chi connectivity index (χ1v) is 10.5. The summed E-state index contributed by atoms with van der Waals surface area (Å²) in [6, 6.07) is 6.43. The van der Waals surface area contributed by atoms with E-state index in [-0.39, 0.29) is 24.0 Å². The van der Waals surface area contributed by atoms with Crippen LogP contribution in [0.5, 0.6) is 5.75 Å². The Morgan fingerprint density at radius 2 is 1.89 bits per heavy atom. The third-order valence-corrected chi connectivity index (χ3v) is 5.98. The largest absolute Gasteiger partial charge is 0.490 e. The van der Waals surface area contributed by atoms with Crippen LogP contribution in [0.3, 0.4) is 0 Å². The second-order valence-electron chi connectivity index (χ2n) is 7.16. The maximum atomic E-state index is 6.29. The van der Waals surface area contributed by atoms with Crippen LogP contribution in [0.1, 0.15) is 52.4 Å². The number of nitrogens with one attached hydrogen (secondary N) is 2. The number of nitrogens with zero attached hydrogens (tertiary/aromatic N) is 2. The molecule has 0 amide bonds. The zero-order valence-corrected chi connectivity index (χ0v) is 20.3. The van der Waals surface area contributed by atoms with Crippen molar-refractivity contribution in [1.82, 2.24) is 15.6 Å². The summed E-state index contributed by atoms with van der Waals surface area (Å²) in [5.74, 6) is 1.78. The Bertz CT molecular complexity index is 800. The van der Waals surface area contributed by atoms with Crippen LogP contribution in [0.4, 0.5) is 0 Å². The number of rotatable bonds is 6. The first kappa shape index (κ1) is 22.9. The van der Waals surface area contributed by atoms with Crippen LogP contribution in [0.15, 0.2) is 23.2 Å². The molecule has 0 aliphatic heterocycles. The van der Waals surface area contributed by atoms with Gasteiger partial charge in [0.2, 0.25) is 0 Å². The molecule has 154 valence electrons. The highest BCUT2D eigenvalue weighted by molar-refractivity contribution is 14.0. The monoisotopic (exact) mass is 514 g/mol. The minimum atomic E-state index is 0. The van der Waals surface area contributed by atoms with Crippen molar-refractivity contribution in [1.29, 1.82) is 0 Å². The molecule has 2 aromatic rings. The van der Waals surface area contributed by atoms with Gasteiger partial charge in [0.15, 0.2) is 5.96 Å². The Labute approximate surface area is 189 Å². The number of hydrogen-bond acceptors (Lipinski definition) is 4. The molecule has 28 heavy (non-hydrogen) atoms. The van der Waals surface area contributed by atoms with Gasteiger partial charge in [-0.1, -0.05) is 12.1 Å². The number of aliphatic imine (C=N–C) groups is 1. The minimum Gasteiger partial charge on any atom is -0.490 e. The molecule has 7 heteroatoms. The number of aryl methyl sites for hydroxylation is 3. The van der Waals surface area contributed by atoms with Crippen LogP contribution in [-0.4, -0.2) is 24.1 Å². The first-order chi connectivity index (χ1) is 13.0. The summed E-state index contributed by atoms with van der Waals surface area (Å²) in [5.41, 5.74) is 3.48. The summed E-state index contributed by atoms with van der Waals surface area (Å²) in [6.07, 6.45) is 5.24. The zero-order valence-electron chi connectivity index (χ0n) is 17.2. The average Bonchev–Trinajstić information content (AvgIpc) is 3.26. The van der Waals surface area contributed by atoms with E-state index in [1.165, 1.54) is 28.8 Å². The third-order valence-electron chi connectivity index (χ3n) is 4.90. The topological polar surface area (TPSA) is 58.5 Å². The van der Waals surface area contributed by atoms with Crippen molar-refractivity contribution in [2.75, 3.05) is 7.05 Å². The van der Waals surface area contributed by atoms with Gasteiger partial charge in [0.05, 0.1) is 23.4 Å². The first-order valence-electron chi connectivity index (χ1n) is 9.68. The predicted octanol–water partition coefficient (Wildman–Crippen LogP) is 4.87. The molecule has 1 heterocycles. The molecule has 0 unspecified atom stereocenters. The number of guanidine groups is 1. The summed E-state index contributed by atoms with van der Waals surface area (Å²) in [6.45, 7) is 7.62. The molecule has 5 nitrogen and oxygen atoms in total. The molecule has 1 aromatic carbocycles. The second kappa shape index (κ2) is 11.0. The second-order valence-corrected chi connectivity index (χ2v) is 8.44. The Hall–Kier alpha value is -1.35. The Balaban J connectivity index is 0.00000280. The quantitative estimate of drug-likeness (QED) is 0.328. The lowest BCUT2D eigenvalue weighted by molar-refractivity contribution is 0.207. The lowest BCUT2D eigenvalue weighted by Crippen LogP contribution is -2.36. The number of halogens is 1. The Morgan fingerprint density at radius 1 is 1.18 bits per heavy atom. The molecule has 0 atom stereocenters. The van der Waals surface area contributed by atoms with Crippen LogP contribution < -0.4 is 15.4 Å². The molecule has 1 aliphatic carbocycles. The number of ether oxygens (including phenoxy) is 1. The van der Waals surface area contributed by atoms with Crippen molar-refractivity contribution >= 4 is 41.3 Å². The van der Waals surface area contributed by atoms with E-state index in [1.807, 2.05) is 6.92 Å². The van der Waals surface area contributed by atoms with Crippen molar-refractivity contribution in [3.63, 3.8) is 0 Å². The highest BCUT2D eigenvalue weighted by Gasteiger charge is 2.18. The van der Waals surface area contributed by atoms with Gasteiger partial charge in [-0.05, 0) is 58.1 Å². The molecule has 0 spiro atoms. The summed E-state index contributed by atoms with van der Waals surface area (Å²) in [7, 11) is 1.80. The highest BCUT2D eigenvalue weighted by Crippen LogP contribution is 2.27. The summed E-state index contributed by atoms with van der Waals surface area (Å²) < 4.78 is 6.29.